The molecule has 2 aromatic rings. The summed E-state index contributed by atoms with van der Waals surface area (Å²) >= 11 is 1.27. The highest BCUT2D eigenvalue weighted by atomic mass is 32.2. The molecular formula is C16H19N3O3S2. The lowest BCUT2D eigenvalue weighted by Crippen LogP contribution is -2.46. The van der Waals surface area contributed by atoms with Crippen molar-refractivity contribution in [3.63, 3.8) is 0 Å². The Bertz CT molecular complexity index is 785. The average Bonchev–Trinajstić information content (AvgIpc) is 3.04. The first-order valence-electron chi connectivity index (χ1n) is 7.33. The molecular weight excluding hydrogens is 346 g/mol. The van der Waals surface area contributed by atoms with Gasteiger partial charge < -0.3 is 5.32 Å². The van der Waals surface area contributed by atoms with Gasteiger partial charge >= 0.3 is 0 Å². The fraction of sp³-hybridized carbons (Fsp3) is 0.250. The molecule has 2 rings (SSSR count). The van der Waals surface area contributed by atoms with E-state index in [9.17, 15) is 13.2 Å². The maximum absolute atomic E-state index is 12.3. The molecule has 0 aliphatic heterocycles. The largest absolute Gasteiger partial charge is 0.301 e. The molecule has 0 aliphatic rings. The smallest absolute Gasteiger partial charge is 0.244 e. The highest BCUT2D eigenvalue weighted by Crippen LogP contribution is 2.13. The van der Waals surface area contributed by atoms with E-state index >= 15 is 0 Å². The molecule has 0 aliphatic carbocycles. The molecule has 0 saturated carbocycles. The third-order valence-corrected chi connectivity index (χ3v) is 4.91. The summed E-state index contributed by atoms with van der Waals surface area (Å²) in [6.07, 6.45) is 3.05. The predicted octanol–water partition coefficient (Wildman–Crippen LogP) is 2.70. The number of hydrogen-bond donors (Lipinski definition) is 2. The van der Waals surface area contributed by atoms with Gasteiger partial charge in [0.05, 0.1) is 0 Å². The number of carbonyl (C=O) groups excluding carboxylic acids is 1. The standard InChI is InChI=1S/C16H19N3O3S2/c1-12(2)14(15(20)18-16-17-9-10-23-16)19-24(21,22)11-8-13-6-4-3-5-7-13/h3-12,14,19H,1-2H3,(H,17,18,20). The quantitative estimate of drug-likeness (QED) is 0.790. The number of sulfonamides is 1. The minimum absolute atomic E-state index is 0.218. The van der Waals surface area contributed by atoms with Gasteiger partial charge in [-0.25, -0.2) is 13.4 Å². The molecule has 1 amide bonds. The van der Waals surface area contributed by atoms with Crippen molar-refractivity contribution in [1.82, 2.24) is 9.71 Å². The van der Waals surface area contributed by atoms with Crippen molar-refractivity contribution in [3.05, 3.63) is 52.9 Å². The Morgan fingerprint density at radius 3 is 2.54 bits per heavy atom. The molecule has 128 valence electrons. The number of hydrogen-bond acceptors (Lipinski definition) is 5. The summed E-state index contributed by atoms with van der Waals surface area (Å²) in [4.78, 5) is 16.3. The Hall–Kier alpha value is -2.03. The number of nitrogens with zero attached hydrogens (tertiary/aromatic N) is 1. The van der Waals surface area contributed by atoms with Crippen LogP contribution in [0.15, 0.2) is 47.3 Å². The number of amides is 1. The van der Waals surface area contributed by atoms with E-state index in [1.807, 2.05) is 18.2 Å². The first-order valence-corrected chi connectivity index (χ1v) is 9.76. The molecule has 24 heavy (non-hydrogen) atoms. The van der Waals surface area contributed by atoms with Gasteiger partial charge in [-0.1, -0.05) is 44.2 Å². The van der Waals surface area contributed by atoms with Gasteiger partial charge in [-0.3, -0.25) is 4.79 Å². The van der Waals surface area contributed by atoms with Crippen molar-refractivity contribution < 1.29 is 13.2 Å². The Kier molecular flexibility index (Phi) is 6.24. The van der Waals surface area contributed by atoms with Gasteiger partial charge in [0.1, 0.15) is 6.04 Å². The minimum Gasteiger partial charge on any atom is -0.301 e. The van der Waals surface area contributed by atoms with Crippen LogP contribution >= 0.6 is 11.3 Å². The van der Waals surface area contributed by atoms with E-state index in [-0.39, 0.29) is 5.92 Å². The van der Waals surface area contributed by atoms with Crippen LogP contribution in [0.25, 0.3) is 6.08 Å². The molecule has 0 spiro atoms. The second-order valence-electron chi connectivity index (χ2n) is 5.42. The zero-order valence-electron chi connectivity index (χ0n) is 13.3. The summed E-state index contributed by atoms with van der Waals surface area (Å²) in [5, 5.41) is 5.84. The van der Waals surface area contributed by atoms with E-state index in [4.69, 9.17) is 0 Å². The van der Waals surface area contributed by atoms with Crippen molar-refractivity contribution in [2.24, 2.45) is 5.92 Å². The molecule has 2 N–H and O–H groups in total. The van der Waals surface area contributed by atoms with Gasteiger partial charge in [-0.05, 0) is 17.6 Å². The molecule has 0 radical (unpaired) electrons. The molecule has 8 heteroatoms. The normalized spacial score (nSPS) is 13.3. The maximum atomic E-state index is 12.3. The lowest BCUT2D eigenvalue weighted by atomic mass is 10.1. The minimum atomic E-state index is -3.76. The van der Waals surface area contributed by atoms with Crippen LogP contribution in [0, 0.1) is 5.92 Å². The van der Waals surface area contributed by atoms with Gasteiger partial charge in [0, 0.05) is 17.0 Å². The molecule has 1 aromatic carbocycles. The summed E-state index contributed by atoms with van der Waals surface area (Å²) < 4.78 is 26.9. The van der Waals surface area contributed by atoms with Crippen LogP contribution in [-0.4, -0.2) is 25.4 Å². The van der Waals surface area contributed by atoms with E-state index in [1.165, 1.54) is 17.4 Å². The third-order valence-electron chi connectivity index (χ3n) is 3.14. The van der Waals surface area contributed by atoms with Crippen LogP contribution in [0.4, 0.5) is 5.13 Å². The van der Waals surface area contributed by atoms with Crippen molar-refractivity contribution in [3.8, 4) is 0 Å². The zero-order chi connectivity index (χ0) is 17.6. The van der Waals surface area contributed by atoms with Gasteiger partial charge in [0.2, 0.25) is 15.9 Å². The molecule has 0 fully saturated rings. The third kappa shape index (κ3) is 5.55. The van der Waals surface area contributed by atoms with E-state index in [2.05, 4.69) is 15.0 Å². The fourth-order valence-electron chi connectivity index (χ4n) is 1.91. The van der Waals surface area contributed by atoms with E-state index in [0.717, 1.165) is 11.0 Å². The van der Waals surface area contributed by atoms with Crippen molar-refractivity contribution in [2.45, 2.75) is 19.9 Å². The monoisotopic (exact) mass is 365 g/mol. The SMILES string of the molecule is CC(C)C(NS(=O)(=O)C=Cc1ccccc1)C(=O)Nc1nccs1. The number of benzene rings is 1. The fourth-order valence-corrected chi connectivity index (χ4v) is 3.59. The molecule has 6 nitrogen and oxygen atoms in total. The molecule has 1 aromatic heterocycles. The van der Waals surface area contributed by atoms with E-state index < -0.39 is 22.0 Å². The second kappa shape index (κ2) is 8.18. The Morgan fingerprint density at radius 1 is 1.25 bits per heavy atom. The average molecular weight is 365 g/mol. The summed E-state index contributed by atoms with van der Waals surface area (Å²) in [6.45, 7) is 3.55. The summed E-state index contributed by atoms with van der Waals surface area (Å²) in [6, 6.07) is 8.18. The number of rotatable bonds is 7. The van der Waals surface area contributed by atoms with Gasteiger partial charge in [0.15, 0.2) is 5.13 Å². The Balaban J connectivity index is 2.08. The summed E-state index contributed by atoms with van der Waals surface area (Å²) in [7, 11) is -3.76. The molecule has 1 atom stereocenters. The second-order valence-corrected chi connectivity index (χ2v) is 7.92. The number of carbonyl (C=O) groups is 1. The summed E-state index contributed by atoms with van der Waals surface area (Å²) in [5.74, 6) is -0.651. The van der Waals surface area contributed by atoms with Gasteiger partial charge in [-0.2, -0.15) is 4.72 Å². The highest BCUT2D eigenvalue weighted by Gasteiger charge is 2.26. The Morgan fingerprint density at radius 2 is 1.96 bits per heavy atom. The summed E-state index contributed by atoms with van der Waals surface area (Å²) in [5.41, 5.74) is 0.760. The molecule has 0 saturated heterocycles. The predicted molar refractivity (Wildman–Crippen MR) is 96.9 cm³/mol. The van der Waals surface area contributed by atoms with Crippen LogP contribution < -0.4 is 10.0 Å². The van der Waals surface area contributed by atoms with Crippen molar-refractivity contribution in [2.75, 3.05) is 5.32 Å². The number of anilines is 1. The van der Waals surface area contributed by atoms with Gasteiger partial charge in [0.25, 0.3) is 0 Å². The molecule has 1 unspecified atom stereocenters. The van der Waals surface area contributed by atoms with Crippen LogP contribution in [0.2, 0.25) is 0 Å². The Labute approximate surface area is 145 Å². The first kappa shape index (κ1) is 18.3. The molecule has 0 bridgehead atoms. The van der Waals surface area contributed by atoms with Crippen molar-refractivity contribution in [1.29, 1.82) is 0 Å². The van der Waals surface area contributed by atoms with E-state index in [0.29, 0.717) is 5.13 Å². The van der Waals surface area contributed by atoms with Gasteiger partial charge in [-0.15, -0.1) is 11.3 Å². The maximum Gasteiger partial charge on any atom is 0.244 e. The topological polar surface area (TPSA) is 88.2 Å². The van der Waals surface area contributed by atoms with Crippen LogP contribution in [0.5, 0.6) is 0 Å². The van der Waals surface area contributed by atoms with Crippen LogP contribution in [-0.2, 0) is 14.8 Å². The highest BCUT2D eigenvalue weighted by molar-refractivity contribution is 7.92. The van der Waals surface area contributed by atoms with Crippen LogP contribution in [0.1, 0.15) is 19.4 Å². The molecule has 1 heterocycles. The van der Waals surface area contributed by atoms with E-state index in [1.54, 1.807) is 37.6 Å². The van der Waals surface area contributed by atoms with Crippen molar-refractivity contribution >= 4 is 38.5 Å². The first-order chi connectivity index (χ1) is 11.4. The zero-order valence-corrected chi connectivity index (χ0v) is 15.0. The van der Waals surface area contributed by atoms with Crippen LogP contribution in [0.3, 0.4) is 0 Å². The number of thiazole rings is 1. The number of aromatic nitrogens is 1. The lowest BCUT2D eigenvalue weighted by molar-refractivity contribution is -0.118. The lowest BCUT2D eigenvalue weighted by Gasteiger charge is -2.19. The number of nitrogens with one attached hydrogen (secondary N) is 2.